The first-order chi connectivity index (χ1) is 10.0. The Morgan fingerprint density at radius 2 is 2.00 bits per heavy atom. The van der Waals surface area contributed by atoms with E-state index in [9.17, 15) is 9.18 Å². The molecule has 3 aromatic rings. The Balaban J connectivity index is 1.86. The summed E-state index contributed by atoms with van der Waals surface area (Å²) in [6.45, 7) is 3.96. The van der Waals surface area contributed by atoms with Crippen molar-refractivity contribution in [1.82, 2.24) is 19.8 Å². The average molecular weight is 305 g/mol. The van der Waals surface area contributed by atoms with Crippen LogP contribution >= 0.6 is 11.3 Å². The lowest BCUT2D eigenvalue weighted by Gasteiger charge is -2.02. The number of rotatable bonds is 3. The molecule has 0 saturated carbocycles. The van der Waals surface area contributed by atoms with Crippen LogP contribution in [0.25, 0.3) is 4.96 Å². The van der Waals surface area contributed by atoms with Gasteiger partial charge in [-0.05, 0) is 24.3 Å². The molecule has 1 amide bonds. The molecule has 0 unspecified atom stereocenters. The summed E-state index contributed by atoms with van der Waals surface area (Å²) in [6.07, 6.45) is 0. The molecule has 108 valence electrons. The molecule has 0 atom stereocenters. The number of fused-ring (bicyclic) bond motifs is 1. The van der Waals surface area contributed by atoms with Gasteiger partial charge in [0, 0.05) is 11.6 Å². The molecule has 1 N–H and O–H groups in total. The second-order valence-corrected chi connectivity index (χ2v) is 5.73. The van der Waals surface area contributed by atoms with Crippen LogP contribution in [0.4, 0.5) is 10.1 Å². The monoisotopic (exact) mass is 305 g/mol. The van der Waals surface area contributed by atoms with Crippen molar-refractivity contribution in [3.05, 3.63) is 40.9 Å². The lowest BCUT2D eigenvalue weighted by molar-refractivity contribution is 0.102. The minimum Gasteiger partial charge on any atom is -0.320 e. The van der Waals surface area contributed by atoms with Gasteiger partial charge in [-0.25, -0.2) is 4.39 Å². The Labute approximate surface area is 123 Å². The molecule has 0 radical (unpaired) electrons. The number of hydrogen-bond acceptors (Lipinski definition) is 5. The summed E-state index contributed by atoms with van der Waals surface area (Å²) >= 11 is 1.16. The second-order valence-electron chi connectivity index (χ2n) is 4.78. The van der Waals surface area contributed by atoms with E-state index in [0.717, 1.165) is 11.3 Å². The van der Waals surface area contributed by atoms with E-state index in [4.69, 9.17) is 0 Å². The standard InChI is InChI=1S/C13H12FN5OS/c1-7(2)10-16-17-13-19(10)18-12(21-13)11(20)15-9-5-3-8(14)4-6-9/h3-7H,1-2H3,(H,15,20). The van der Waals surface area contributed by atoms with Gasteiger partial charge in [0.1, 0.15) is 5.82 Å². The number of carbonyl (C=O) groups is 1. The van der Waals surface area contributed by atoms with Crippen molar-refractivity contribution < 1.29 is 9.18 Å². The van der Waals surface area contributed by atoms with Crippen LogP contribution in [-0.4, -0.2) is 25.7 Å². The van der Waals surface area contributed by atoms with Crippen LogP contribution in [0, 0.1) is 5.82 Å². The lowest BCUT2D eigenvalue weighted by atomic mass is 10.2. The van der Waals surface area contributed by atoms with Crippen LogP contribution in [0.1, 0.15) is 35.4 Å². The third-order valence-corrected chi connectivity index (χ3v) is 3.73. The molecule has 21 heavy (non-hydrogen) atoms. The van der Waals surface area contributed by atoms with E-state index in [1.54, 1.807) is 4.52 Å². The van der Waals surface area contributed by atoms with Gasteiger partial charge in [0.2, 0.25) is 9.97 Å². The minimum atomic E-state index is -0.355. The molecule has 0 aliphatic heterocycles. The van der Waals surface area contributed by atoms with Crippen molar-refractivity contribution in [2.75, 3.05) is 5.32 Å². The van der Waals surface area contributed by atoms with E-state index in [0.29, 0.717) is 16.5 Å². The highest BCUT2D eigenvalue weighted by Crippen LogP contribution is 2.19. The fraction of sp³-hybridized carbons (Fsp3) is 0.231. The molecule has 0 aliphatic carbocycles. The molecule has 3 rings (SSSR count). The molecule has 2 aromatic heterocycles. The highest BCUT2D eigenvalue weighted by Gasteiger charge is 2.18. The van der Waals surface area contributed by atoms with Crippen molar-refractivity contribution in [2.24, 2.45) is 0 Å². The summed E-state index contributed by atoms with van der Waals surface area (Å²) in [6, 6.07) is 5.55. The van der Waals surface area contributed by atoms with Crippen molar-refractivity contribution in [3.8, 4) is 0 Å². The zero-order valence-corrected chi connectivity index (χ0v) is 12.2. The number of amides is 1. The Bertz CT molecular complexity index is 793. The van der Waals surface area contributed by atoms with Gasteiger partial charge in [-0.2, -0.15) is 4.52 Å². The van der Waals surface area contributed by atoms with Gasteiger partial charge in [-0.3, -0.25) is 4.79 Å². The van der Waals surface area contributed by atoms with Crippen molar-refractivity contribution in [2.45, 2.75) is 19.8 Å². The van der Waals surface area contributed by atoms with E-state index in [2.05, 4.69) is 20.6 Å². The molecule has 1 aromatic carbocycles. The molecular weight excluding hydrogens is 293 g/mol. The fourth-order valence-corrected chi connectivity index (χ4v) is 2.54. The number of hydrogen-bond donors (Lipinski definition) is 1. The maximum absolute atomic E-state index is 12.8. The van der Waals surface area contributed by atoms with Gasteiger partial charge < -0.3 is 5.32 Å². The summed E-state index contributed by atoms with van der Waals surface area (Å²) in [7, 11) is 0. The molecule has 0 fully saturated rings. The summed E-state index contributed by atoms with van der Waals surface area (Å²) in [5.74, 6) is 0.164. The largest absolute Gasteiger partial charge is 0.320 e. The summed E-state index contributed by atoms with van der Waals surface area (Å²) in [5.41, 5.74) is 0.511. The molecule has 2 heterocycles. The number of carbonyl (C=O) groups excluding carboxylic acids is 1. The average Bonchev–Trinajstić information content (AvgIpc) is 3.00. The predicted octanol–water partition coefficient (Wildman–Crippen LogP) is 2.70. The van der Waals surface area contributed by atoms with Crippen LogP contribution in [-0.2, 0) is 0 Å². The summed E-state index contributed by atoms with van der Waals surface area (Å²) in [4.78, 5) is 12.7. The van der Waals surface area contributed by atoms with E-state index in [1.807, 2.05) is 13.8 Å². The number of nitrogens with one attached hydrogen (secondary N) is 1. The van der Waals surface area contributed by atoms with Gasteiger partial charge in [0.05, 0.1) is 0 Å². The minimum absolute atomic E-state index is 0.162. The third kappa shape index (κ3) is 2.62. The Morgan fingerprint density at radius 3 is 2.67 bits per heavy atom. The number of anilines is 1. The van der Waals surface area contributed by atoms with Crippen molar-refractivity contribution in [3.63, 3.8) is 0 Å². The van der Waals surface area contributed by atoms with Crippen molar-refractivity contribution in [1.29, 1.82) is 0 Å². The number of nitrogens with zero attached hydrogens (tertiary/aromatic N) is 4. The Hall–Kier alpha value is -2.35. The highest BCUT2D eigenvalue weighted by atomic mass is 32.1. The summed E-state index contributed by atoms with van der Waals surface area (Å²) < 4.78 is 14.4. The molecule has 0 spiro atoms. The quantitative estimate of drug-likeness (QED) is 0.807. The maximum Gasteiger partial charge on any atom is 0.286 e. The highest BCUT2D eigenvalue weighted by molar-refractivity contribution is 7.18. The first-order valence-electron chi connectivity index (χ1n) is 6.33. The molecule has 0 bridgehead atoms. The smallest absolute Gasteiger partial charge is 0.286 e. The van der Waals surface area contributed by atoms with Crippen LogP contribution < -0.4 is 5.32 Å². The van der Waals surface area contributed by atoms with E-state index >= 15 is 0 Å². The van der Waals surface area contributed by atoms with Crippen LogP contribution in [0.3, 0.4) is 0 Å². The molecule has 0 aliphatic rings. The topological polar surface area (TPSA) is 72.2 Å². The second kappa shape index (κ2) is 5.21. The van der Waals surface area contributed by atoms with Gasteiger partial charge in [-0.15, -0.1) is 15.3 Å². The zero-order valence-electron chi connectivity index (χ0n) is 11.4. The van der Waals surface area contributed by atoms with E-state index in [1.165, 1.54) is 24.3 Å². The van der Waals surface area contributed by atoms with E-state index in [-0.39, 0.29) is 22.6 Å². The lowest BCUT2D eigenvalue weighted by Crippen LogP contribution is -2.12. The van der Waals surface area contributed by atoms with Crippen LogP contribution in [0.5, 0.6) is 0 Å². The van der Waals surface area contributed by atoms with Crippen molar-refractivity contribution >= 4 is 27.9 Å². The van der Waals surface area contributed by atoms with Gasteiger partial charge in [-0.1, -0.05) is 25.2 Å². The van der Waals surface area contributed by atoms with Gasteiger partial charge >= 0.3 is 0 Å². The third-order valence-electron chi connectivity index (χ3n) is 2.83. The Morgan fingerprint density at radius 1 is 1.29 bits per heavy atom. The number of halogens is 1. The van der Waals surface area contributed by atoms with Gasteiger partial charge in [0.15, 0.2) is 5.82 Å². The SMILES string of the molecule is CC(C)c1nnc2sc(C(=O)Nc3ccc(F)cc3)nn12. The first kappa shape index (κ1) is 13.6. The normalized spacial score (nSPS) is 11.2. The van der Waals surface area contributed by atoms with E-state index < -0.39 is 0 Å². The predicted molar refractivity (Wildman–Crippen MR) is 77.1 cm³/mol. The number of benzene rings is 1. The van der Waals surface area contributed by atoms with Crippen LogP contribution in [0.2, 0.25) is 0 Å². The maximum atomic E-state index is 12.8. The molecular formula is C13H12FN5OS. The fourth-order valence-electron chi connectivity index (χ4n) is 1.80. The molecule has 8 heteroatoms. The molecule has 6 nitrogen and oxygen atoms in total. The summed E-state index contributed by atoms with van der Waals surface area (Å²) in [5, 5.41) is 15.2. The van der Waals surface area contributed by atoms with Crippen LogP contribution in [0.15, 0.2) is 24.3 Å². The molecule has 0 saturated heterocycles. The first-order valence-corrected chi connectivity index (χ1v) is 7.15. The van der Waals surface area contributed by atoms with Gasteiger partial charge in [0.25, 0.3) is 5.91 Å². The number of aromatic nitrogens is 4. The Kier molecular flexibility index (Phi) is 3.38. The zero-order chi connectivity index (χ0) is 15.0.